The number of carbonyl (C=O) groups is 1. The summed E-state index contributed by atoms with van der Waals surface area (Å²) in [5.74, 6) is -0.0376. The molecule has 1 aromatic rings. The molecule has 1 saturated carbocycles. The Morgan fingerprint density at radius 2 is 2.11 bits per heavy atom. The largest absolute Gasteiger partial charge is 0.330 e. The lowest BCUT2D eigenvalue weighted by Crippen LogP contribution is -2.40. The van der Waals surface area contributed by atoms with Gasteiger partial charge in [0, 0.05) is 11.4 Å². The third kappa shape index (κ3) is 2.97. The third-order valence-corrected chi connectivity index (χ3v) is 4.14. The molecule has 0 saturated heterocycles. The van der Waals surface area contributed by atoms with Gasteiger partial charge in [-0.15, -0.1) is 0 Å². The molecule has 3 nitrogen and oxygen atoms in total. The van der Waals surface area contributed by atoms with Crippen LogP contribution in [0, 0.1) is 5.41 Å². The van der Waals surface area contributed by atoms with E-state index in [9.17, 15) is 4.79 Å². The van der Waals surface area contributed by atoms with Crippen LogP contribution in [0.15, 0.2) is 18.2 Å². The number of hydrogen-bond acceptors (Lipinski definition) is 2. The molecule has 3 N–H and O–H groups in total. The zero-order valence-corrected chi connectivity index (χ0v) is 11.5. The number of amides is 1. The van der Waals surface area contributed by atoms with E-state index in [0.29, 0.717) is 28.7 Å². The Hall–Kier alpha value is -0.770. The number of benzene rings is 1. The molecule has 1 amide bonds. The van der Waals surface area contributed by atoms with Gasteiger partial charge in [-0.3, -0.25) is 4.79 Å². The van der Waals surface area contributed by atoms with Crippen LogP contribution in [0.5, 0.6) is 0 Å². The normalized spacial score (nSPS) is 17.1. The van der Waals surface area contributed by atoms with Crippen molar-refractivity contribution in [3.05, 3.63) is 28.2 Å². The van der Waals surface area contributed by atoms with Crippen LogP contribution >= 0.6 is 23.2 Å². The van der Waals surface area contributed by atoms with E-state index in [-0.39, 0.29) is 11.3 Å². The van der Waals surface area contributed by atoms with Crippen molar-refractivity contribution in [2.75, 3.05) is 11.9 Å². The second-order valence-electron chi connectivity index (χ2n) is 4.91. The van der Waals surface area contributed by atoms with Crippen LogP contribution in [0.1, 0.15) is 25.7 Å². The van der Waals surface area contributed by atoms with Crippen LogP contribution in [0.25, 0.3) is 0 Å². The van der Waals surface area contributed by atoms with Crippen molar-refractivity contribution in [3.63, 3.8) is 0 Å². The third-order valence-electron chi connectivity index (χ3n) is 3.59. The van der Waals surface area contributed by atoms with E-state index >= 15 is 0 Å². The maximum Gasteiger partial charge on any atom is 0.225 e. The smallest absolute Gasteiger partial charge is 0.225 e. The van der Waals surface area contributed by atoms with Gasteiger partial charge in [0.2, 0.25) is 5.91 Å². The predicted molar refractivity (Wildman–Crippen MR) is 75.0 cm³/mol. The topological polar surface area (TPSA) is 55.1 Å². The molecule has 0 aromatic heterocycles. The van der Waals surface area contributed by atoms with Crippen LogP contribution in [0.3, 0.4) is 0 Å². The minimum absolute atomic E-state index is 0.00296. The summed E-state index contributed by atoms with van der Waals surface area (Å²) in [6.07, 6.45) is 3.69. The molecule has 0 unspecified atom stereocenters. The lowest BCUT2D eigenvalue weighted by atomic mass is 9.66. The first-order valence-corrected chi connectivity index (χ1v) is 6.75. The Bertz CT molecular complexity index is 453. The second-order valence-corrected chi connectivity index (χ2v) is 5.75. The first kappa shape index (κ1) is 13.7. The molecular formula is C13H16Cl2N2O. The Kier molecular flexibility index (Phi) is 4.15. The Balaban J connectivity index is 1.98. The molecule has 18 heavy (non-hydrogen) atoms. The number of carbonyl (C=O) groups excluding carboxylic acids is 1. The van der Waals surface area contributed by atoms with E-state index in [1.165, 1.54) is 0 Å². The number of hydrogen-bond donors (Lipinski definition) is 2. The highest BCUT2D eigenvalue weighted by atomic mass is 35.5. The molecule has 1 aliphatic rings. The molecule has 0 spiro atoms. The fraction of sp³-hybridized carbons (Fsp3) is 0.462. The molecule has 5 heteroatoms. The first-order chi connectivity index (χ1) is 8.54. The van der Waals surface area contributed by atoms with Gasteiger partial charge in [-0.25, -0.2) is 0 Å². The lowest BCUT2D eigenvalue weighted by molar-refractivity contribution is -0.119. The highest BCUT2D eigenvalue weighted by molar-refractivity contribution is 6.36. The fourth-order valence-corrected chi connectivity index (χ4v) is 2.71. The van der Waals surface area contributed by atoms with Crippen molar-refractivity contribution in [3.8, 4) is 0 Å². The average molecular weight is 287 g/mol. The maximum atomic E-state index is 12.0. The van der Waals surface area contributed by atoms with Gasteiger partial charge in [-0.05, 0) is 43.0 Å². The second kappa shape index (κ2) is 5.47. The van der Waals surface area contributed by atoms with Crippen molar-refractivity contribution < 1.29 is 4.79 Å². The summed E-state index contributed by atoms with van der Waals surface area (Å²) in [4.78, 5) is 12.0. The number of nitrogens with one attached hydrogen (secondary N) is 1. The zero-order valence-electron chi connectivity index (χ0n) is 10.0. The summed E-state index contributed by atoms with van der Waals surface area (Å²) in [6.45, 7) is 0.564. The average Bonchev–Trinajstić information content (AvgIpc) is 2.27. The van der Waals surface area contributed by atoms with Crippen LogP contribution < -0.4 is 11.1 Å². The minimum Gasteiger partial charge on any atom is -0.330 e. The molecule has 0 radical (unpaired) electrons. The molecule has 1 aromatic carbocycles. The van der Waals surface area contributed by atoms with Crippen molar-refractivity contribution >= 4 is 34.8 Å². The molecule has 0 bridgehead atoms. The minimum atomic E-state index is -0.0376. The molecule has 0 atom stereocenters. The van der Waals surface area contributed by atoms with E-state index in [1.54, 1.807) is 18.2 Å². The van der Waals surface area contributed by atoms with Crippen LogP contribution in [-0.2, 0) is 4.79 Å². The van der Waals surface area contributed by atoms with Gasteiger partial charge in [0.15, 0.2) is 0 Å². The highest BCUT2D eigenvalue weighted by Gasteiger charge is 2.37. The summed E-state index contributed by atoms with van der Waals surface area (Å²) >= 11 is 11.8. The van der Waals surface area contributed by atoms with Gasteiger partial charge in [0.05, 0.1) is 10.7 Å². The van der Waals surface area contributed by atoms with E-state index in [1.807, 2.05) is 0 Å². The Labute approximate surface area is 117 Å². The highest BCUT2D eigenvalue weighted by Crippen LogP contribution is 2.43. The SMILES string of the molecule is NCC1(CC(=O)Nc2ccc(Cl)cc2Cl)CCC1. The van der Waals surface area contributed by atoms with E-state index in [4.69, 9.17) is 28.9 Å². The summed E-state index contributed by atoms with van der Waals surface area (Å²) in [5.41, 5.74) is 6.33. The fourth-order valence-electron chi connectivity index (χ4n) is 2.26. The van der Waals surface area contributed by atoms with E-state index in [0.717, 1.165) is 19.3 Å². The standard InChI is InChI=1S/C13H16Cl2N2O/c14-9-2-3-11(10(15)6-9)17-12(18)7-13(8-16)4-1-5-13/h2-3,6H,1,4-5,7-8,16H2,(H,17,18). The number of halogens is 2. The van der Waals surface area contributed by atoms with Crippen LogP contribution in [0.2, 0.25) is 10.0 Å². The maximum absolute atomic E-state index is 12.0. The number of rotatable bonds is 4. The molecule has 0 heterocycles. The molecule has 1 fully saturated rings. The molecule has 98 valence electrons. The van der Waals surface area contributed by atoms with Gasteiger partial charge in [0.1, 0.15) is 0 Å². The van der Waals surface area contributed by atoms with Gasteiger partial charge < -0.3 is 11.1 Å². The van der Waals surface area contributed by atoms with E-state index < -0.39 is 0 Å². The summed E-state index contributed by atoms with van der Waals surface area (Å²) < 4.78 is 0. The van der Waals surface area contributed by atoms with Gasteiger partial charge in [-0.2, -0.15) is 0 Å². The predicted octanol–water partition coefficient (Wildman–Crippen LogP) is 3.45. The number of nitrogens with two attached hydrogens (primary N) is 1. The Morgan fingerprint density at radius 3 is 2.61 bits per heavy atom. The molecule has 1 aliphatic carbocycles. The zero-order chi connectivity index (χ0) is 13.2. The molecule has 2 rings (SSSR count). The lowest BCUT2D eigenvalue weighted by Gasteiger charge is -2.40. The number of anilines is 1. The quantitative estimate of drug-likeness (QED) is 0.891. The summed E-state index contributed by atoms with van der Waals surface area (Å²) in [7, 11) is 0. The van der Waals surface area contributed by atoms with Gasteiger partial charge >= 0.3 is 0 Å². The monoisotopic (exact) mass is 286 g/mol. The van der Waals surface area contributed by atoms with Crippen molar-refractivity contribution in [1.29, 1.82) is 0 Å². The Morgan fingerprint density at radius 1 is 1.39 bits per heavy atom. The van der Waals surface area contributed by atoms with Crippen molar-refractivity contribution in [2.45, 2.75) is 25.7 Å². The molecular weight excluding hydrogens is 271 g/mol. The summed E-state index contributed by atoms with van der Waals surface area (Å²) in [6, 6.07) is 5.02. The summed E-state index contributed by atoms with van der Waals surface area (Å²) in [5, 5.41) is 3.81. The van der Waals surface area contributed by atoms with Crippen LogP contribution in [0.4, 0.5) is 5.69 Å². The molecule has 0 aliphatic heterocycles. The van der Waals surface area contributed by atoms with Gasteiger partial charge in [-0.1, -0.05) is 29.6 Å². The van der Waals surface area contributed by atoms with E-state index in [2.05, 4.69) is 5.32 Å². The van der Waals surface area contributed by atoms with Crippen molar-refractivity contribution in [1.82, 2.24) is 0 Å². The van der Waals surface area contributed by atoms with Crippen LogP contribution in [-0.4, -0.2) is 12.5 Å². The van der Waals surface area contributed by atoms with Crippen molar-refractivity contribution in [2.24, 2.45) is 11.1 Å². The first-order valence-electron chi connectivity index (χ1n) is 6.00. The van der Waals surface area contributed by atoms with Gasteiger partial charge in [0.25, 0.3) is 0 Å².